The highest BCUT2D eigenvalue weighted by Gasteiger charge is 2.45. The molecule has 98 valence electrons. The lowest BCUT2D eigenvalue weighted by molar-refractivity contribution is -0.123. The number of nitrogens with one attached hydrogen (secondary N) is 2. The van der Waals surface area contributed by atoms with Crippen molar-refractivity contribution in [3.8, 4) is 0 Å². The molecule has 1 aliphatic rings. The molecule has 0 bridgehead atoms. The van der Waals surface area contributed by atoms with Crippen molar-refractivity contribution in [1.82, 2.24) is 10.3 Å². The molecule has 1 amide bonds. The van der Waals surface area contributed by atoms with Crippen LogP contribution in [0.4, 0.5) is 5.82 Å². The largest absolute Gasteiger partial charge is 0.370 e. The molecule has 1 aromatic rings. The fourth-order valence-corrected chi connectivity index (χ4v) is 1.67. The van der Waals surface area contributed by atoms with Crippen LogP contribution in [0.3, 0.4) is 0 Å². The number of pyridine rings is 1. The number of nitrogens with zero attached hydrogens (tertiary/aromatic N) is 1. The first-order valence-electron chi connectivity index (χ1n) is 6.43. The number of amides is 1. The van der Waals surface area contributed by atoms with E-state index in [1.807, 2.05) is 18.2 Å². The van der Waals surface area contributed by atoms with Gasteiger partial charge in [0.15, 0.2) is 0 Å². The van der Waals surface area contributed by atoms with Gasteiger partial charge in [-0.15, -0.1) is 0 Å². The molecule has 0 saturated heterocycles. The molecule has 4 N–H and O–H groups in total. The molecule has 5 nitrogen and oxygen atoms in total. The molecule has 18 heavy (non-hydrogen) atoms. The fourth-order valence-electron chi connectivity index (χ4n) is 1.67. The Morgan fingerprint density at radius 2 is 2.11 bits per heavy atom. The SMILES string of the molecule is NC1(C(=O)NCCCCNc2ccccn2)CC1. The Labute approximate surface area is 107 Å². The standard InChI is InChI=1S/C13H20N4O/c14-13(6-7-13)12(18)17-10-4-3-9-16-11-5-1-2-8-15-11/h1-2,5,8H,3-4,6-7,9-10,14H2,(H,15,16)(H,17,18). The number of hydrogen-bond acceptors (Lipinski definition) is 4. The van der Waals surface area contributed by atoms with Gasteiger partial charge in [0.2, 0.25) is 5.91 Å². The Bertz CT molecular complexity index is 389. The van der Waals surface area contributed by atoms with Gasteiger partial charge < -0.3 is 16.4 Å². The maximum atomic E-state index is 11.5. The predicted octanol–water partition coefficient (Wildman–Crippen LogP) is 0.881. The van der Waals surface area contributed by atoms with Gasteiger partial charge in [0, 0.05) is 19.3 Å². The number of hydrogen-bond donors (Lipinski definition) is 3. The van der Waals surface area contributed by atoms with Crippen LogP contribution in [0, 0.1) is 0 Å². The number of anilines is 1. The summed E-state index contributed by atoms with van der Waals surface area (Å²) in [4.78, 5) is 15.7. The highest BCUT2D eigenvalue weighted by molar-refractivity contribution is 5.88. The first-order valence-corrected chi connectivity index (χ1v) is 6.43. The number of nitrogens with two attached hydrogens (primary N) is 1. The molecule has 1 heterocycles. The predicted molar refractivity (Wildman–Crippen MR) is 71.1 cm³/mol. The van der Waals surface area contributed by atoms with Crippen LogP contribution in [0.1, 0.15) is 25.7 Å². The molecule has 0 atom stereocenters. The average Bonchev–Trinajstić information content (AvgIpc) is 3.14. The van der Waals surface area contributed by atoms with Crippen LogP contribution in [-0.2, 0) is 4.79 Å². The lowest BCUT2D eigenvalue weighted by Gasteiger charge is -2.10. The highest BCUT2D eigenvalue weighted by Crippen LogP contribution is 2.31. The molecular weight excluding hydrogens is 228 g/mol. The zero-order chi connectivity index (χ0) is 12.8. The van der Waals surface area contributed by atoms with E-state index in [0.717, 1.165) is 38.0 Å². The first kappa shape index (κ1) is 12.8. The highest BCUT2D eigenvalue weighted by atomic mass is 16.2. The zero-order valence-corrected chi connectivity index (χ0v) is 10.5. The lowest BCUT2D eigenvalue weighted by atomic mass is 10.2. The summed E-state index contributed by atoms with van der Waals surface area (Å²) in [6, 6.07) is 5.78. The summed E-state index contributed by atoms with van der Waals surface area (Å²) in [7, 11) is 0. The van der Waals surface area contributed by atoms with E-state index >= 15 is 0 Å². The number of carbonyl (C=O) groups is 1. The number of aromatic nitrogens is 1. The number of carbonyl (C=O) groups excluding carboxylic acids is 1. The van der Waals surface area contributed by atoms with Crippen LogP contribution in [0.15, 0.2) is 24.4 Å². The van der Waals surface area contributed by atoms with E-state index in [1.165, 1.54) is 0 Å². The van der Waals surface area contributed by atoms with E-state index in [9.17, 15) is 4.79 Å². The van der Waals surface area contributed by atoms with Gasteiger partial charge in [-0.05, 0) is 37.8 Å². The quantitative estimate of drug-likeness (QED) is 0.626. The summed E-state index contributed by atoms with van der Waals surface area (Å²) >= 11 is 0. The molecular formula is C13H20N4O. The summed E-state index contributed by atoms with van der Waals surface area (Å²) in [5.74, 6) is 0.889. The third-order valence-electron chi connectivity index (χ3n) is 3.10. The van der Waals surface area contributed by atoms with Gasteiger partial charge in [0.1, 0.15) is 5.82 Å². The normalized spacial score (nSPS) is 16.1. The third kappa shape index (κ3) is 3.70. The first-order chi connectivity index (χ1) is 8.71. The van der Waals surface area contributed by atoms with Crippen molar-refractivity contribution >= 4 is 11.7 Å². The van der Waals surface area contributed by atoms with Crippen LogP contribution in [0.25, 0.3) is 0 Å². The average molecular weight is 248 g/mol. The Morgan fingerprint density at radius 1 is 1.33 bits per heavy atom. The third-order valence-corrected chi connectivity index (χ3v) is 3.10. The van der Waals surface area contributed by atoms with Crippen LogP contribution in [0.2, 0.25) is 0 Å². The maximum Gasteiger partial charge on any atom is 0.240 e. The van der Waals surface area contributed by atoms with E-state index in [-0.39, 0.29) is 5.91 Å². The minimum atomic E-state index is -0.549. The van der Waals surface area contributed by atoms with Crippen molar-refractivity contribution in [2.45, 2.75) is 31.2 Å². The van der Waals surface area contributed by atoms with Crippen molar-refractivity contribution < 1.29 is 4.79 Å². The van der Waals surface area contributed by atoms with E-state index < -0.39 is 5.54 Å². The second kappa shape index (κ2) is 5.82. The van der Waals surface area contributed by atoms with Gasteiger partial charge in [-0.2, -0.15) is 0 Å². The van der Waals surface area contributed by atoms with Gasteiger partial charge in [-0.1, -0.05) is 6.07 Å². The molecule has 0 radical (unpaired) electrons. The number of rotatable bonds is 7. The Kier molecular flexibility index (Phi) is 4.15. The minimum absolute atomic E-state index is 0.000172. The fraction of sp³-hybridized carbons (Fsp3) is 0.538. The van der Waals surface area contributed by atoms with Crippen LogP contribution >= 0.6 is 0 Å². The molecule has 2 rings (SSSR count). The number of unbranched alkanes of at least 4 members (excludes halogenated alkanes) is 1. The summed E-state index contributed by atoms with van der Waals surface area (Å²) in [6.07, 6.45) is 5.34. The van der Waals surface area contributed by atoms with Gasteiger partial charge in [0.25, 0.3) is 0 Å². The van der Waals surface area contributed by atoms with Crippen molar-refractivity contribution in [2.24, 2.45) is 5.73 Å². The van der Waals surface area contributed by atoms with Crippen LogP contribution in [0.5, 0.6) is 0 Å². The molecule has 1 aromatic heterocycles. The monoisotopic (exact) mass is 248 g/mol. The molecule has 5 heteroatoms. The second-order valence-electron chi connectivity index (χ2n) is 4.76. The zero-order valence-electron chi connectivity index (χ0n) is 10.5. The van der Waals surface area contributed by atoms with E-state index in [4.69, 9.17) is 5.73 Å². The molecule has 0 aromatic carbocycles. The van der Waals surface area contributed by atoms with Crippen molar-refractivity contribution in [1.29, 1.82) is 0 Å². The van der Waals surface area contributed by atoms with Crippen molar-refractivity contribution in [3.63, 3.8) is 0 Å². The molecule has 0 unspecified atom stereocenters. The Balaban J connectivity index is 1.50. The summed E-state index contributed by atoms with van der Waals surface area (Å²) in [6.45, 7) is 1.56. The Hall–Kier alpha value is -1.62. The molecule has 0 aliphatic heterocycles. The molecule has 0 spiro atoms. The molecule has 1 saturated carbocycles. The Morgan fingerprint density at radius 3 is 2.78 bits per heavy atom. The van der Waals surface area contributed by atoms with Crippen molar-refractivity contribution in [3.05, 3.63) is 24.4 Å². The molecule has 1 aliphatic carbocycles. The molecule has 1 fully saturated rings. The van der Waals surface area contributed by atoms with Gasteiger partial charge in [0.05, 0.1) is 5.54 Å². The van der Waals surface area contributed by atoms with Gasteiger partial charge >= 0.3 is 0 Å². The van der Waals surface area contributed by atoms with Gasteiger partial charge in [-0.25, -0.2) is 4.98 Å². The van der Waals surface area contributed by atoms with Crippen molar-refractivity contribution in [2.75, 3.05) is 18.4 Å². The summed E-state index contributed by atoms with van der Waals surface area (Å²) in [5.41, 5.74) is 5.22. The second-order valence-corrected chi connectivity index (χ2v) is 4.76. The van der Waals surface area contributed by atoms with E-state index in [0.29, 0.717) is 6.54 Å². The van der Waals surface area contributed by atoms with Gasteiger partial charge in [-0.3, -0.25) is 4.79 Å². The topological polar surface area (TPSA) is 80.0 Å². The van der Waals surface area contributed by atoms with E-state index in [1.54, 1.807) is 6.20 Å². The maximum absolute atomic E-state index is 11.5. The minimum Gasteiger partial charge on any atom is -0.370 e. The summed E-state index contributed by atoms with van der Waals surface area (Å²) < 4.78 is 0. The lowest BCUT2D eigenvalue weighted by Crippen LogP contribution is -2.43. The van der Waals surface area contributed by atoms with Crippen LogP contribution in [-0.4, -0.2) is 29.5 Å². The van der Waals surface area contributed by atoms with E-state index in [2.05, 4.69) is 15.6 Å². The smallest absolute Gasteiger partial charge is 0.240 e. The summed E-state index contributed by atoms with van der Waals surface area (Å²) in [5, 5.41) is 6.10. The van der Waals surface area contributed by atoms with Crippen LogP contribution < -0.4 is 16.4 Å².